The number of pyridine rings is 1. The van der Waals surface area contributed by atoms with Gasteiger partial charge in [-0.3, -0.25) is 9.59 Å². The monoisotopic (exact) mass is 290 g/mol. The first-order valence-corrected chi connectivity index (χ1v) is 6.23. The van der Waals surface area contributed by atoms with Gasteiger partial charge in [-0.25, -0.2) is 9.78 Å². The summed E-state index contributed by atoms with van der Waals surface area (Å²) < 4.78 is 1.65. The number of aromatic nitrogens is 2. The van der Waals surface area contributed by atoms with E-state index in [9.17, 15) is 14.4 Å². The molecule has 21 heavy (non-hydrogen) atoms. The molecule has 8 nitrogen and oxygen atoms in total. The molecule has 2 rings (SSSR count). The normalized spacial score (nSPS) is 12.0. The van der Waals surface area contributed by atoms with Crippen molar-refractivity contribution in [1.82, 2.24) is 14.7 Å². The molecule has 0 saturated heterocycles. The van der Waals surface area contributed by atoms with Gasteiger partial charge in [-0.2, -0.15) is 0 Å². The van der Waals surface area contributed by atoms with E-state index in [1.807, 2.05) is 0 Å². The number of aliphatic carboxylic acids is 1. The first-order chi connectivity index (χ1) is 9.97. The van der Waals surface area contributed by atoms with Crippen molar-refractivity contribution in [2.45, 2.75) is 18.9 Å². The molecule has 0 aliphatic rings. The molecule has 2 amide bonds. The average molecular weight is 290 g/mol. The maximum atomic E-state index is 12.0. The largest absolute Gasteiger partial charge is 0.480 e. The second-order valence-electron chi connectivity index (χ2n) is 4.46. The number of primary amides is 1. The number of imidazole rings is 1. The van der Waals surface area contributed by atoms with Gasteiger partial charge in [0.15, 0.2) is 0 Å². The van der Waals surface area contributed by atoms with Crippen LogP contribution in [-0.4, -0.2) is 38.3 Å². The third kappa shape index (κ3) is 3.56. The topological polar surface area (TPSA) is 127 Å². The van der Waals surface area contributed by atoms with Gasteiger partial charge in [-0.05, 0) is 18.6 Å². The SMILES string of the molecule is NC(=O)CCC(NC(=O)c1cn2ccccc2n1)C(=O)O. The highest BCUT2D eigenvalue weighted by atomic mass is 16.4. The number of carboxylic acids is 1. The molecule has 0 fully saturated rings. The Kier molecular flexibility index (Phi) is 4.17. The molecule has 110 valence electrons. The second kappa shape index (κ2) is 6.04. The van der Waals surface area contributed by atoms with Gasteiger partial charge >= 0.3 is 5.97 Å². The number of fused-ring (bicyclic) bond motifs is 1. The van der Waals surface area contributed by atoms with Gasteiger partial charge in [0.05, 0.1) is 0 Å². The van der Waals surface area contributed by atoms with Crippen LogP contribution in [0, 0.1) is 0 Å². The molecule has 0 aliphatic heterocycles. The Bertz CT molecular complexity index is 661. The van der Waals surface area contributed by atoms with Crippen LogP contribution >= 0.6 is 0 Å². The Hall–Kier alpha value is -2.90. The van der Waals surface area contributed by atoms with Gasteiger partial charge in [0, 0.05) is 18.8 Å². The summed E-state index contributed by atoms with van der Waals surface area (Å²) in [6.07, 6.45) is 3.03. The Morgan fingerprint density at radius 3 is 2.76 bits per heavy atom. The van der Waals surface area contributed by atoms with E-state index in [0.29, 0.717) is 5.65 Å². The molecular weight excluding hydrogens is 276 g/mol. The summed E-state index contributed by atoms with van der Waals surface area (Å²) in [5.41, 5.74) is 5.65. The molecule has 2 aromatic heterocycles. The molecule has 2 aromatic rings. The van der Waals surface area contributed by atoms with E-state index in [2.05, 4.69) is 10.3 Å². The standard InChI is InChI=1S/C13H14N4O4/c14-10(18)5-4-8(13(20)21)16-12(19)9-7-17-6-2-1-3-11(17)15-9/h1-3,6-8H,4-5H2,(H2,14,18)(H,16,19)(H,20,21). The minimum atomic E-state index is -1.23. The van der Waals surface area contributed by atoms with E-state index >= 15 is 0 Å². The molecule has 0 spiro atoms. The minimum Gasteiger partial charge on any atom is -0.480 e. The summed E-state index contributed by atoms with van der Waals surface area (Å²) >= 11 is 0. The van der Waals surface area contributed by atoms with E-state index in [1.54, 1.807) is 28.8 Å². The molecule has 1 atom stereocenters. The number of nitrogens with two attached hydrogens (primary N) is 1. The zero-order chi connectivity index (χ0) is 15.4. The maximum Gasteiger partial charge on any atom is 0.326 e. The minimum absolute atomic E-state index is 0.0657. The molecule has 0 saturated carbocycles. The summed E-state index contributed by atoms with van der Waals surface area (Å²) in [6.45, 7) is 0. The first kappa shape index (κ1) is 14.5. The molecule has 1 unspecified atom stereocenters. The van der Waals surface area contributed by atoms with Crippen molar-refractivity contribution in [3.63, 3.8) is 0 Å². The van der Waals surface area contributed by atoms with Crippen molar-refractivity contribution < 1.29 is 19.5 Å². The molecule has 0 bridgehead atoms. The number of carbonyl (C=O) groups excluding carboxylic acids is 2. The van der Waals surface area contributed by atoms with Crippen LogP contribution in [0.3, 0.4) is 0 Å². The van der Waals surface area contributed by atoms with Crippen molar-refractivity contribution in [3.05, 3.63) is 36.3 Å². The van der Waals surface area contributed by atoms with Gasteiger partial charge in [-0.15, -0.1) is 0 Å². The fourth-order valence-corrected chi connectivity index (χ4v) is 1.82. The number of nitrogens with zero attached hydrogens (tertiary/aromatic N) is 2. The van der Waals surface area contributed by atoms with Gasteiger partial charge in [0.25, 0.3) is 5.91 Å². The summed E-state index contributed by atoms with van der Waals surface area (Å²) in [7, 11) is 0. The lowest BCUT2D eigenvalue weighted by Gasteiger charge is -2.12. The molecule has 0 aliphatic carbocycles. The molecule has 4 N–H and O–H groups in total. The summed E-state index contributed by atoms with van der Waals surface area (Å²) in [5, 5.41) is 11.4. The lowest BCUT2D eigenvalue weighted by Crippen LogP contribution is -2.41. The van der Waals surface area contributed by atoms with E-state index in [0.717, 1.165) is 0 Å². The number of carboxylic acid groups (broad SMARTS) is 1. The average Bonchev–Trinajstić information content (AvgIpc) is 2.86. The summed E-state index contributed by atoms with van der Waals surface area (Å²) in [5.74, 6) is -2.47. The van der Waals surface area contributed by atoms with Crippen molar-refractivity contribution in [1.29, 1.82) is 0 Å². The quantitative estimate of drug-likeness (QED) is 0.678. The number of hydrogen-bond acceptors (Lipinski definition) is 4. The number of nitrogens with one attached hydrogen (secondary N) is 1. The Morgan fingerprint density at radius 2 is 2.14 bits per heavy atom. The smallest absolute Gasteiger partial charge is 0.326 e. The number of amides is 2. The predicted octanol–water partition coefficient (Wildman–Crippen LogP) is -0.217. The lowest BCUT2D eigenvalue weighted by molar-refractivity contribution is -0.139. The number of carbonyl (C=O) groups is 3. The molecule has 0 radical (unpaired) electrons. The third-order valence-electron chi connectivity index (χ3n) is 2.88. The Balaban J connectivity index is 2.10. The third-order valence-corrected chi connectivity index (χ3v) is 2.88. The zero-order valence-electron chi connectivity index (χ0n) is 11.0. The predicted molar refractivity (Wildman–Crippen MR) is 72.5 cm³/mol. The fraction of sp³-hybridized carbons (Fsp3) is 0.231. The van der Waals surface area contributed by atoms with Crippen LogP contribution in [0.5, 0.6) is 0 Å². The van der Waals surface area contributed by atoms with Crippen molar-refractivity contribution in [3.8, 4) is 0 Å². The van der Waals surface area contributed by atoms with E-state index in [-0.39, 0.29) is 18.5 Å². The molecule has 0 aromatic carbocycles. The van der Waals surface area contributed by atoms with Gasteiger partial charge in [0.2, 0.25) is 5.91 Å². The van der Waals surface area contributed by atoms with E-state index < -0.39 is 23.8 Å². The Labute approximate surface area is 119 Å². The molecule has 8 heteroatoms. The molecular formula is C13H14N4O4. The van der Waals surface area contributed by atoms with Gasteiger partial charge < -0.3 is 20.6 Å². The highest BCUT2D eigenvalue weighted by Crippen LogP contribution is 2.06. The Morgan fingerprint density at radius 1 is 1.38 bits per heavy atom. The van der Waals surface area contributed by atoms with Crippen molar-refractivity contribution >= 4 is 23.4 Å². The van der Waals surface area contributed by atoms with Crippen molar-refractivity contribution in [2.75, 3.05) is 0 Å². The summed E-state index contributed by atoms with van der Waals surface area (Å²) in [6, 6.07) is 4.09. The van der Waals surface area contributed by atoms with Crippen molar-refractivity contribution in [2.24, 2.45) is 5.73 Å². The van der Waals surface area contributed by atoms with Crippen LogP contribution < -0.4 is 11.1 Å². The van der Waals surface area contributed by atoms with Crippen LogP contribution in [0.25, 0.3) is 5.65 Å². The maximum absolute atomic E-state index is 12.0. The van der Waals surface area contributed by atoms with Crippen LogP contribution in [0.1, 0.15) is 23.3 Å². The number of hydrogen-bond donors (Lipinski definition) is 3. The van der Waals surface area contributed by atoms with Crippen LogP contribution in [0.15, 0.2) is 30.6 Å². The highest BCUT2D eigenvalue weighted by molar-refractivity contribution is 5.95. The number of rotatable bonds is 6. The van der Waals surface area contributed by atoms with Gasteiger partial charge in [0.1, 0.15) is 17.4 Å². The van der Waals surface area contributed by atoms with E-state index in [1.165, 1.54) is 6.20 Å². The summed E-state index contributed by atoms with van der Waals surface area (Å²) in [4.78, 5) is 37.9. The molecule has 2 heterocycles. The van der Waals surface area contributed by atoms with Gasteiger partial charge in [-0.1, -0.05) is 6.07 Å². The lowest BCUT2D eigenvalue weighted by atomic mass is 10.1. The van der Waals surface area contributed by atoms with Crippen LogP contribution in [0.4, 0.5) is 0 Å². The van der Waals surface area contributed by atoms with Crippen LogP contribution in [-0.2, 0) is 9.59 Å². The fourth-order valence-electron chi connectivity index (χ4n) is 1.82. The zero-order valence-corrected chi connectivity index (χ0v) is 11.0. The van der Waals surface area contributed by atoms with Crippen LogP contribution in [0.2, 0.25) is 0 Å². The van der Waals surface area contributed by atoms with E-state index in [4.69, 9.17) is 10.8 Å². The highest BCUT2D eigenvalue weighted by Gasteiger charge is 2.22. The first-order valence-electron chi connectivity index (χ1n) is 6.23. The second-order valence-corrected chi connectivity index (χ2v) is 4.46.